The van der Waals surface area contributed by atoms with Crippen molar-refractivity contribution in [2.45, 2.75) is 0 Å². The van der Waals surface area contributed by atoms with Gasteiger partial charge in [-0.3, -0.25) is 10.1 Å². The number of nitro groups is 1. The van der Waals surface area contributed by atoms with E-state index in [4.69, 9.17) is 4.74 Å². The maximum Gasteiger partial charge on any atom is 0.353 e. The summed E-state index contributed by atoms with van der Waals surface area (Å²) in [6.07, 6.45) is 1.15. The Balaban J connectivity index is 1.95. The van der Waals surface area contributed by atoms with Crippen LogP contribution in [-0.2, 0) is 0 Å². The molecule has 3 aromatic rings. The summed E-state index contributed by atoms with van der Waals surface area (Å²) in [5.41, 5.74) is 0.251. The van der Waals surface area contributed by atoms with Gasteiger partial charge in [0.25, 0.3) is 0 Å². The van der Waals surface area contributed by atoms with Gasteiger partial charge in [0.2, 0.25) is 11.6 Å². The first kappa shape index (κ1) is 17.1. The van der Waals surface area contributed by atoms with Gasteiger partial charge in [-0.1, -0.05) is 12.1 Å². The van der Waals surface area contributed by atoms with Crippen molar-refractivity contribution in [3.63, 3.8) is 0 Å². The quantitative estimate of drug-likeness (QED) is 0.508. The Morgan fingerprint density at radius 1 is 1.04 bits per heavy atom. The molecule has 1 heterocycles. The number of halogens is 1. The highest BCUT2D eigenvalue weighted by molar-refractivity contribution is 5.76. The van der Waals surface area contributed by atoms with Crippen LogP contribution in [0.5, 0.6) is 5.75 Å². The molecule has 0 aliphatic rings. The Labute approximate surface area is 147 Å². The molecule has 0 radical (unpaired) electrons. The van der Waals surface area contributed by atoms with Gasteiger partial charge >= 0.3 is 5.69 Å². The van der Waals surface area contributed by atoms with E-state index in [1.807, 2.05) is 0 Å². The lowest BCUT2D eigenvalue weighted by Gasteiger charge is -2.11. The van der Waals surface area contributed by atoms with Crippen molar-refractivity contribution in [1.29, 1.82) is 0 Å². The topological polar surface area (TPSA) is 102 Å². The number of nitrogens with one attached hydrogen (secondary N) is 2. The Bertz CT molecular complexity index is 934. The first-order valence-corrected chi connectivity index (χ1v) is 7.50. The fraction of sp³-hybridized carbons (Fsp3) is 0.0588. The Kier molecular flexibility index (Phi) is 4.88. The highest BCUT2D eigenvalue weighted by Gasteiger charge is 2.24. The molecule has 26 heavy (non-hydrogen) atoms. The molecule has 0 bridgehead atoms. The molecule has 2 N–H and O–H groups in total. The molecular formula is C17H14FN5O3. The van der Waals surface area contributed by atoms with Gasteiger partial charge < -0.3 is 15.4 Å². The smallest absolute Gasteiger partial charge is 0.353 e. The van der Waals surface area contributed by atoms with E-state index >= 15 is 0 Å². The Hall–Kier alpha value is -3.75. The number of ether oxygens (including phenoxy) is 1. The van der Waals surface area contributed by atoms with Gasteiger partial charge in [-0.2, -0.15) is 0 Å². The van der Waals surface area contributed by atoms with Crippen molar-refractivity contribution in [3.8, 4) is 5.75 Å². The minimum atomic E-state index is -0.630. The van der Waals surface area contributed by atoms with Crippen LogP contribution >= 0.6 is 0 Å². The van der Waals surface area contributed by atoms with Gasteiger partial charge in [-0.25, -0.2) is 14.4 Å². The number of hydrogen-bond donors (Lipinski definition) is 2. The van der Waals surface area contributed by atoms with Gasteiger partial charge in [0.15, 0.2) is 0 Å². The SMILES string of the molecule is COc1ccc(Nc2ncnc(Nc3ccccc3F)c2[N+](=O)[O-])cc1. The summed E-state index contributed by atoms with van der Waals surface area (Å²) < 4.78 is 18.9. The predicted molar refractivity (Wildman–Crippen MR) is 94.6 cm³/mol. The number of aromatic nitrogens is 2. The van der Waals surface area contributed by atoms with E-state index in [2.05, 4.69) is 20.6 Å². The molecule has 0 saturated carbocycles. The minimum Gasteiger partial charge on any atom is -0.497 e. The molecule has 0 atom stereocenters. The monoisotopic (exact) mass is 355 g/mol. The van der Waals surface area contributed by atoms with Crippen molar-refractivity contribution in [2.75, 3.05) is 17.7 Å². The highest BCUT2D eigenvalue weighted by atomic mass is 19.1. The van der Waals surface area contributed by atoms with E-state index in [-0.39, 0.29) is 17.3 Å². The number of rotatable bonds is 6. The maximum absolute atomic E-state index is 13.8. The molecule has 0 unspecified atom stereocenters. The van der Waals surface area contributed by atoms with E-state index in [1.54, 1.807) is 37.4 Å². The molecule has 9 heteroatoms. The van der Waals surface area contributed by atoms with Crippen LogP contribution in [0.15, 0.2) is 54.9 Å². The number of hydrogen-bond acceptors (Lipinski definition) is 7. The normalized spacial score (nSPS) is 10.2. The van der Waals surface area contributed by atoms with Crippen LogP contribution in [0.2, 0.25) is 0 Å². The van der Waals surface area contributed by atoms with Crippen molar-refractivity contribution in [2.24, 2.45) is 0 Å². The summed E-state index contributed by atoms with van der Waals surface area (Å²) in [5, 5.41) is 17.0. The summed E-state index contributed by atoms with van der Waals surface area (Å²) >= 11 is 0. The lowest BCUT2D eigenvalue weighted by molar-refractivity contribution is -0.383. The van der Waals surface area contributed by atoms with Gasteiger partial charge in [-0.05, 0) is 36.4 Å². The molecule has 0 aliphatic carbocycles. The Morgan fingerprint density at radius 3 is 2.31 bits per heavy atom. The average Bonchev–Trinajstić information content (AvgIpc) is 2.64. The van der Waals surface area contributed by atoms with Crippen LogP contribution in [-0.4, -0.2) is 22.0 Å². The van der Waals surface area contributed by atoms with Gasteiger partial charge in [0, 0.05) is 5.69 Å². The molecule has 0 saturated heterocycles. The summed E-state index contributed by atoms with van der Waals surface area (Å²) in [4.78, 5) is 18.7. The van der Waals surface area contributed by atoms with E-state index in [9.17, 15) is 14.5 Å². The fourth-order valence-electron chi connectivity index (χ4n) is 2.24. The standard InChI is InChI=1S/C17H14FN5O3/c1-26-12-8-6-11(7-9-12)21-16-15(23(24)25)17(20-10-19-16)22-14-5-3-2-4-13(14)18/h2-10H,1H3,(H2,19,20,21,22). The lowest BCUT2D eigenvalue weighted by atomic mass is 10.3. The van der Waals surface area contributed by atoms with E-state index in [0.717, 1.165) is 6.33 Å². The third kappa shape index (κ3) is 3.66. The van der Waals surface area contributed by atoms with Crippen LogP contribution in [0.3, 0.4) is 0 Å². The predicted octanol–water partition coefficient (Wildman–Crippen LogP) is 4.02. The molecule has 0 spiro atoms. The zero-order chi connectivity index (χ0) is 18.5. The summed E-state index contributed by atoms with van der Waals surface area (Å²) in [6, 6.07) is 12.6. The molecule has 132 valence electrons. The molecule has 8 nitrogen and oxygen atoms in total. The van der Waals surface area contributed by atoms with Gasteiger partial charge in [-0.15, -0.1) is 0 Å². The zero-order valence-electron chi connectivity index (χ0n) is 13.6. The highest BCUT2D eigenvalue weighted by Crippen LogP contribution is 2.33. The molecular weight excluding hydrogens is 341 g/mol. The second-order valence-electron chi connectivity index (χ2n) is 5.13. The lowest BCUT2D eigenvalue weighted by Crippen LogP contribution is -2.06. The van der Waals surface area contributed by atoms with E-state index in [1.165, 1.54) is 18.2 Å². The Morgan fingerprint density at radius 2 is 1.69 bits per heavy atom. The second kappa shape index (κ2) is 7.43. The van der Waals surface area contributed by atoms with Crippen LogP contribution in [0.1, 0.15) is 0 Å². The van der Waals surface area contributed by atoms with Crippen LogP contribution in [0.25, 0.3) is 0 Å². The summed E-state index contributed by atoms with van der Waals surface area (Å²) in [7, 11) is 1.54. The molecule has 3 rings (SSSR count). The third-order valence-electron chi connectivity index (χ3n) is 3.48. The number of methoxy groups -OCH3 is 1. The number of nitrogens with zero attached hydrogens (tertiary/aromatic N) is 3. The van der Waals surface area contributed by atoms with Gasteiger partial charge in [0.05, 0.1) is 17.7 Å². The van der Waals surface area contributed by atoms with Crippen LogP contribution in [0, 0.1) is 15.9 Å². The zero-order valence-corrected chi connectivity index (χ0v) is 13.6. The van der Waals surface area contributed by atoms with Crippen molar-refractivity contribution < 1.29 is 14.1 Å². The first-order chi connectivity index (χ1) is 12.6. The van der Waals surface area contributed by atoms with Crippen LogP contribution in [0.4, 0.5) is 33.1 Å². The third-order valence-corrected chi connectivity index (χ3v) is 3.48. The maximum atomic E-state index is 13.8. The molecule has 2 aromatic carbocycles. The second-order valence-corrected chi connectivity index (χ2v) is 5.13. The fourth-order valence-corrected chi connectivity index (χ4v) is 2.24. The molecule has 0 aliphatic heterocycles. The first-order valence-electron chi connectivity index (χ1n) is 7.50. The largest absolute Gasteiger partial charge is 0.497 e. The van der Waals surface area contributed by atoms with E-state index in [0.29, 0.717) is 11.4 Å². The van der Waals surface area contributed by atoms with Crippen molar-refractivity contribution >= 4 is 28.7 Å². The van der Waals surface area contributed by atoms with E-state index < -0.39 is 16.4 Å². The minimum absolute atomic E-state index is 0.0194. The number of anilines is 4. The average molecular weight is 355 g/mol. The summed E-state index contributed by atoms with van der Waals surface area (Å²) in [5.74, 6) is -0.0418. The van der Waals surface area contributed by atoms with Crippen molar-refractivity contribution in [1.82, 2.24) is 9.97 Å². The van der Waals surface area contributed by atoms with Crippen molar-refractivity contribution in [3.05, 3.63) is 70.8 Å². The molecule has 1 aromatic heterocycles. The van der Waals surface area contributed by atoms with Gasteiger partial charge in [0.1, 0.15) is 17.9 Å². The number of benzene rings is 2. The van der Waals surface area contributed by atoms with Crippen LogP contribution < -0.4 is 15.4 Å². The molecule has 0 amide bonds. The number of para-hydroxylation sites is 1. The molecule has 0 fully saturated rings. The summed E-state index contributed by atoms with van der Waals surface area (Å²) in [6.45, 7) is 0.